The molecule has 0 saturated carbocycles. The first-order valence-electron chi connectivity index (χ1n) is 5.66. The minimum atomic E-state index is -0.192. The number of halogens is 1. The van der Waals surface area contributed by atoms with Crippen LogP contribution in [0.1, 0.15) is 19.3 Å². The van der Waals surface area contributed by atoms with Gasteiger partial charge in [-0.15, -0.1) is 0 Å². The van der Waals surface area contributed by atoms with Crippen LogP contribution in [0.4, 0.5) is 4.39 Å². The predicted octanol–water partition coefficient (Wildman–Crippen LogP) is 2.94. The Morgan fingerprint density at radius 3 is 2.81 bits per heavy atom. The monoisotopic (exact) mass is 221 g/mol. The lowest BCUT2D eigenvalue weighted by Gasteiger charge is -2.04. The Kier molecular flexibility index (Phi) is 3.57. The molecule has 0 aliphatic rings. The summed E-state index contributed by atoms with van der Waals surface area (Å²) < 4.78 is 15.2. The van der Waals surface area contributed by atoms with Gasteiger partial charge in [0.1, 0.15) is 5.82 Å². The molecular weight excluding hydrogens is 205 g/mol. The van der Waals surface area contributed by atoms with E-state index in [4.69, 9.17) is 5.11 Å². The molecule has 0 saturated heterocycles. The molecule has 1 heterocycles. The van der Waals surface area contributed by atoms with E-state index in [-0.39, 0.29) is 12.4 Å². The highest BCUT2D eigenvalue weighted by Gasteiger charge is 2.01. The van der Waals surface area contributed by atoms with Crippen molar-refractivity contribution in [1.82, 2.24) is 4.57 Å². The van der Waals surface area contributed by atoms with Crippen LogP contribution in [-0.4, -0.2) is 16.3 Å². The first-order valence-corrected chi connectivity index (χ1v) is 5.66. The van der Waals surface area contributed by atoms with Gasteiger partial charge in [0.15, 0.2) is 0 Å². The van der Waals surface area contributed by atoms with E-state index >= 15 is 0 Å². The molecule has 0 atom stereocenters. The molecule has 1 N–H and O–H groups in total. The van der Waals surface area contributed by atoms with Gasteiger partial charge in [-0.05, 0) is 48.9 Å². The topological polar surface area (TPSA) is 25.2 Å². The number of hydrogen-bond acceptors (Lipinski definition) is 1. The molecule has 2 aromatic rings. The molecule has 2 nitrogen and oxygen atoms in total. The van der Waals surface area contributed by atoms with Gasteiger partial charge < -0.3 is 9.67 Å². The number of hydrogen-bond donors (Lipinski definition) is 1. The first-order chi connectivity index (χ1) is 7.81. The lowest BCUT2D eigenvalue weighted by molar-refractivity contribution is 0.282. The van der Waals surface area contributed by atoms with Crippen molar-refractivity contribution in [2.75, 3.05) is 6.61 Å². The third-order valence-corrected chi connectivity index (χ3v) is 2.79. The highest BCUT2D eigenvalue weighted by molar-refractivity contribution is 5.80. The number of rotatable bonds is 5. The molecule has 0 bridgehead atoms. The zero-order valence-corrected chi connectivity index (χ0v) is 9.19. The third-order valence-electron chi connectivity index (χ3n) is 2.79. The van der Waals surface area contributed by atoms with Crippen molar-refractivity contribution < 1.29 is 9.50 Å². The number of unbranched alkanes of at least 4 members (excludes halogenated alkanes) is 2. The number of aliphatic hydroxyl groups excluding tert-OH is 1. The molecule has 1 aromatic carbocycles. The quantitative estimate of drug-likeness (QED) is 0.771. The van der Waals surface area contributed by atoms with Crippen LogP contribution in [0.2, 0.25) is 0 Å². The van der Waals surface area contributed by atoms with Gasteiger partial charge in [-0.25, -0.2) is 4.39 Å². The Balaban J connectivity index is 2.09. The molecular formula is C13H16FNO. The maximum atomic E-state index is 13.1. The van der Waals surface area contributed by atoms with Crippen molar-refractivity contribution >= 4 is 10.9 Å². The normalized spacial score (nSPS) is 11.1. The maximum Gasteiger partial charge on any atom is 0.125 e. The van der Waals surface area contributed by atoms with Gasteiger partial charge in [0, 0.05) is 19.3 Å². The minimum absolute atomic E-state index is 0.192. The number of benzene rings is 1. The van der Waals surface area contributed by atoms with Crippen LogP contribution in [0.25, 0.3) is 10.9 Å². The smallest absolute Gasteiger partial charge is 0.125 e. The van der Waals surface area contributed by atoms with Gasteiger partial charge in [0.25, 0.3) is 0 Å². The van der Waals surface area contributed by atoms with Crippen molar-refractivity contribution in [3.8, 4) is 0 Å². The average molecular weight is 221 g/mol. The fourth-order valence-electron chi connectivity index (χ4n) is 1.92. The second kappa shape index (κ2) is 5.12. The van der Waals surface area contributed by atoms with E-state index in [1.165, 1.54) is 6.07 Å². The molecule has 2 rings (SSSR count). The standard InChI is InChI=1S/C13H16FNO/c14-12-5-4-11-6-8-15(13(11)10-12)7-2-1-3-9-16/h4-6,8,10,16H,1-3,7,9H2. The molecule has 0 radical (unpaired) electrons. The Labute approximate surface area is 94.3 Å². The summed E-state index contributed by atoms with van der Waals surface area (Å²) in [7, 11) is 0. The van der Waals surface area contributed by atoms with Crippen molar-refractivity contribution in [2.45, 2.75) is 25.8 Å². The molecule has 0 unspecified atom stereocenters. The summed E-state index contributed by atoms with van der Waals surface area (Å²) in [5, 5.41) is 9.75. The zero-order chi connectivity index (χ0) is 11.4. The molecule has 0 fully saturated rings. The van der Waals surface area contributed by atoms with Gasteiger partial charge in [0.05, 0.1) is 5.52 Å². The largest absolute Gasteiger partial charge is 0.396 e. The van der Waals surface area contributed by atoms with Crippen LogP contribution in [0.5, 0.6) is 0 Å². The summed E-state index contributed by atoms with van der Waals surface area (Å²) in [5.41, 5.74) is 0.948. The number of aryl methyl sites for hydroxylation is 1. The van der Waals surface area contributed by atoms with E-state index in [0.717, 1.165) is 36.7 Å². The second-order valence-corrected chi connectivity index (χ2v) is 4.00. The predicted molar refractivity (Wildman–Crippen MR) is 62.8 cm³/mol. The number of aliphatic hydroxyl groups is 1. The molecule has 0 aliphatic heterocycles. The molecule has 16 heavy (non-hydrogen) atoms. The van der Waals surface area contributed by atoms with Crippen LogP contribution in [0.3, 0.4) is 0 Å². The van der Waals surface area contributed by atoms with Gasteiger partial charge in [0.2, 0.25) is 0 Å². The van der Waals surface area contributed by atoms with Crippen LogP contribution in [0.15, 0.2) is 30.5 Å². The van der Waals surface area contributed by atoms with Gasteiger partial charge >= 0.3 is 0 Å². The Morgan fingerprint density at radius 2 is 2.00 bits per heavy atom. The van der Waals surface area contributed by atoms with Gasteiger partial charge in [-0.2, -0.15) is 0 Å². The van der Waals surface area contributed by atoms with Crippen molar-refractivity contribution in [1.29, 1.82) is 0 Å². The first kappa shape index (κ1) is 11.1. The van der Waals surface area contributed by atoms with Crippen LogP contribution < -0.4 is 0 Å². The summed E-state index contributed by atoms with van der Waals surface area (Å²) in [6.07, 6.45) is 4.85. The Bertz CT molecular complexity index is 464. The fourth-order valence-corrected chi connectivity index (χ4v) is 1.92. The fraction of sp³-hybridized carbons (Fsp3) is 0.385. The molecule has 0 amide bonds. The molecule has 0 aliphatic carbocycles. The second-order valence-electron chi connectivity index (χ2n) is 4.00. The average Bonchev–Trinajstić information content (AvgIpc) is 2.67. The number of nitrogens with zero attached hydrogens (tertiary/aromatic N) is 1. The van der Waals surface area contributed by atoms with E-state index in [1.54, 1.807) is 12.1 Å². The summed E-state index contributed by atoms with van der Waals surface area (Å²) >= 11 is 0. The summed E-state index contributed by atoms with van der Waals surface area (Å²) in [4.78, 5) is 0. The molecule has 86 valence electrons. The number of fused-ring (bicyclic) bond motifs is 1. The van der Waals surface area contributed by atoms with Crippen molar-refractivity contribution in [2.24, 2.45) is 0 Å². The Hall–Kier alpha value is -1.35. The van der Waals surface area contributed by atoms with Crippen LogP contribution in [0, 0.1) is 5.82 Å². The van der Waals surface area contributed by atoms with E-state index < -0.39 is 0 Å². The van der Waals surface area contributed by atoms with Crippen LogP contribution in [-0.2, 0) is 6.54 Å². The highest BCUT2D eigenvalue weighted by Crippen LogP contribution is 2.17. The Morgan fingerprint density at radius 1 is 1.12 bits per heavy atom. The summed E-state index contributed by atoms with van der Waals surface area (Å²) in [5.74, 6) is -0.192. The van der Waals surface area contributed by atoms with E-state index in [9.17, 15) is 4.39 Å². The van der Waals surface area contributed by atoms with E-state index in [0.29, 0.717) is 0 Å². The van der Waals surface area contributed by atoms with Gasteiger partial charge in [-0.1, -0.05) is 0 Å². The summed E-state index contributed by atoms with van der Waals surface area (Å²) in [6.45, 7) is 1.13. The minimum Gasteiger partial charge on any atom is -0.396 e. The van der Waals surface area contributed by atoms with Crippen molar-refractivity contribution in [3.05, 3.63) is 36.3 Å². The van der Waals surface area contributed by atoms with E-state index in [1.807, 2.05) is 12.3 Å². The van der Waals surface area contributed by atoms with Crippen LogP contribution >= 0.6 is 0 Å². The zero-order valence-electron chi connectivity index (χ0n) is 9.19. The maximum absolute atomic E-state index is 13.1. The van der Waals surface area contributed by atoms with Gasteiger partial charge in [-0.3, -0.25) is 0 Å². The SMILES string of the molecule is OCCCCCn1ccc2ccc(F)cc21. The molecule has 1 aromatic heterocycles. The summed E-state index contributed by atoms with van der Waals surface area (Å²) in [6, 6.07) is 6.86. The molecule has 0 spiro atoms. The molecule has 3 heteroatoms. The van der Waals surface area contributed by atoms with E-state index in [2.05, 4.69) is 4.57 Å². The lowest BCUT2D eigenvalue weighted by atomic mass is 10.2. The highest BCUT2D eigenvalue weighted by atomic mass is 19.1. The van der Waals surface area contributed by atoms with Crippen molar-refractivity contribution in [3.63, 3.8) is 0 Å². The number of aromatic nitrogens is 1. The lowest BCUT2D eigenvalue weighted by Crippen LogP contribution is -1.96. The third kappa shape index (κ3) is 2.42.